The van der Waals surface area contributed by atoms with E-state index in [0.29, 0.717) is 5.92 Å². The number of hydrogen-bond donors (Lipinski definition) is 1. The minimum Gasteiger partial charge on any atom is -0.305 e. The van der Waals surface area contributed by atoms with Crippen LogP contribution in [-0.2, 0) is 6.42 Å². The molecule has 18 heavy (non-hydrogen) atoms. The van der Waals surface area contributed by atoms with Crippen LogP contribution >= 0.6 is 0 Å². The van der Waals surface area contributed by atoms with Gasteiger partial charge in [-0.15, -0.1) is 0 Å². The Morgan fingerprint density at radius 1 is 1.22 bits per heavy atom. The Morgan fingerprint density at radius 3 is 2.89 bits per heavy atom. The molecule has 1 unspecified atom stereocenters. The first-order valence-electron chi connectivity index (χ1n) is 6.73. The highest BCUT2D eigenvalue weighted by atomic mass is 14.4. The van der Waals surface area contributed by atoms with E-state index >= 15 is 0 Å². The van der Waals surface area contributed by atoms with E-state index in [1.54, 1.807) is 0 Å². The molecule has 0 aromatic heterocycles. The molecule has 0 aliphatic heterocycles. The third-order valence-corrected chi connectivity index (χ3v) is 4.21. The summed E-state index contributed by atoms with van der Waals surface area (Å²) in [5.41, 5.74) is 7.74. The van der Waals surface area contributed by atoms with Gasteiger partial charge in [0.25, 0.3) is 0 Å². The topological polar surface area (TPSA) is 23.9 Å². The molecule has 92 valence electrons. The Morgan fingerprint density at radius 2 is 2.06 bits per heavy atom. The molecular formula is C17H19N. The lowest BCUT2D eigenvalue weighted by atomic mass is 9.84. The zero-order valence-corrected chi connectivity index (χ0v) is 11.1. The number of nitrogens with one attached hydrogen (secondary N) is 1. The number of allylic oxidation sites excluding steroid dienone is 4. The van der Waals surface area contributed by atoms with Gasteiger partial charge in [0.1, 0.15) is 0 Å². The Bertz CT molecular complexity index is 575. The van der Waals surface area contributed by atoms with Gasteiger partial charge in [0.2, 0.25) is 0 Å². The first-order chi connectivity index (χ1) is 8.66. The smallest absolute Gasteiger partial charge is 0.0386 e. The molecule has 0 saturated carbocycles. The molecule has 0 radical (unpaired) electrons. The predicted octanol–water partition coefficient (Wildman–Crippen LogP) is 4.32. The van der Waals surface area contributed by atoms with Gasteiger partial charge in [-0.2, -0.15) is 0 Å². The van der Waals surface area contributed by atoms with Crippen molar-refractivity contribution in [3.05, 3.63) is 58.2 Å². The molecule has 1 nitrogen and oxygen atoms in total. The summed E-state index contributed by atoms with van der Waals surface area (Å²) in [4.78, 5) is 0. The van der Waals surface area contributed by atoms with Crippen LogP contribution in [0.3, 0.4) is 0 Å². The molecule has 2 aliphatic rings. The van der Waals surface area contributed by atoms with Gasteiger partial charge >= 0.3 is 0 Å². The number of aryl methyl sites for hydroxylation is 2. The fourth-order valence-corrected chi connectivity index (χ4v) is 3.17. The Hall–Kier alpha value is -1.63. The number of fused-ring (bicyclic) bond motifs is 1. The molecule has 1 aromatic carbocycles. The van der Waals surface area contributed by atoms with Gasteiger partial charge in [-0.25, -0.2) is 0 Å². The van der Waals surface area contributed by atoms with Gasteiger partial charge < -0.3 is 5.41 Å². The Kier molecular flexibility index (Phi) is 2.70. The van der Waals surface area contributed by atoms with Crippen LogP contribution in [0.1, 0.15) is 42.4 Å². The summed E-state index contributed by atoms with van der Waals surface area (Å²) in [5, 5.41) is 8.14. The monoisotopic (exact) mass is 237 g/mol. The van der Waals surface area contributed by atoms with Gasteiger partial charge in [-0.3, -0.25) is 0 Å². The van der Waals surface area contributed by atoms with Crippen LogP contribution in [0.5, 0.6) is 0 Å². The van der Waals surface area contributed by atoms with Crippen LogP contribution in [0.4, 0.5) is 0 Å². The standard InChI is InChI=1S/C17H19N/c1-11-6-7-13-8-9-15-14(4-3-5-17(15)18)12(2)16(13)10-11/h3-4,6-7,10,12,18H,5,8-9H2,1-2H3. The highest BCUT2D eigenvalue weighted by molar-refractivity contribution is 6.01. The van der Waals surface area contributed by atoms with E-state index in [-0.39, 0.29) is 0 Å². The van der Waals surface area contributed by atoms with Crippen molar-refractivity contribution < 1.29 is 0 Å². The molecule has 1 N–H and O–H groups in total. The van der Waals surface area contributed by atoms with Crippen LogP contribution in [0, 0.1) is 12.3 Å². The van der Waals surface area contributed by atoms with E-state index in [0.717, 1.165) is 25.0 Å². The summed E-state index contributed by atoms with van der Waals surface area (Å²) in [6.45, 7) is 4.44. The average molecular weight is 237 g/mol. The molecule has 0 heterocycles. The van der Waals surface area contributed by atoms with Crippen LogP contribution in [0.25, 0.3) is 0 Å². The summed E-state index contributed by atoms with van der Waals surface area (Å²) < 4.78 is 0. The van der Waals surface area contributed by atoms with Crippen LogP contribution < -0.4 is 0 Å². The maximum absolute atomic E-state index is 8.14. The zero-order chi connectivity index (χ0) is 12.7. The maximum atomic E-state index is 8.14. The van der Waals surface area contributed by atoms with E-state index in [9.17, 15) is 0 Å². The minimum atomic E-state index is 0.425. The van der Waals surface area contributed by atoms with Crippen molar-refractivity contribution in [3.63, 3.8) is 0 Å². The fourth-order valence-electron chi connectivity index (χ4n) is 3.17. The van der Waals surface area contributed by atoms with Crippen molar-refractivity contribution in [2.75, 3.05) is 0 Å². The largest absolute Gasteiger partial charge is 0.305 e. The molecule has 2 aliphatic carbocycles. The molecule has 0 spiro atoms. The first-order valence-corrected chi connectivity index (χ1v) is 6.73. The normalized spacial score (nSPS) is 22.6. The SMILES string of the molecule is Cc1ccc2c(c1)C(C)C1=C(CC2)C(=N)CC=C1. The summed E-state index contributed by atoms with van der Waals surface area (Å²) in [6, 6.07) is 6.80. The van der Waals surface area contributed by atoms with Crippen molar-refractivity contribution in [1.82, 2.24) is 0 Å². The van der Waals surface area contributed by atoms with E-state index in [1.807, 2.05) is 0 Å². The fraction of sp³-hybridized carbons (Fsp3) is 0.353. The third kappa shape index (κ3) is 1.74. The van der Waals surface area contributed by atoms with Crippen LogP contribution in [0.2, 0.25) is 0 Å². The summed E-state index contributed by atoms with van der Waals surface area (Å²) in [5.74, 6) is 0.425. The van der Waals surface area contributed by atoms with Crippen LogP contribution in [0.15, 0.2) is 41.5 Å². The maximum Gasteiger partial charge on any atom is 0.0386 e. The van der Waals surface area contributed by atoms with Crippen molar-refractivity contribution >= 4 is 5.71 Å². The van der Waals surface area contributed by atoms with Gasteiger partial charge in [-0.05, 0) is 42.0 Å². The lowest BCUT2D eigenvalue weighted by Crippen LogP contribution is -2.09. The van der Waals surface area contributed by atoms with Crippen LogP contribution in [-0.4, -0.2) is 5.71 Å². The van der Waals surface area contributed by atoms with Gasteiger partial charge in [0.15, 0.2) is 0 Å². The van der Waals surface area contributed by atoms with Gasteiger partial charge in [0, 0.05) is 18.1 Å². The van der Waals surface area contributed by atoms with Gasteiger partial charge in [-0.1, -0.05) is 42.8 Å². The summed E-state index contributed by atoms with van der Waals surface area (Å²) in [7, 11) is 0. The van der Waals surface area contributed by atoms with Crippen molar-refractivity contribution in [2.45, 2.75) is 39.0 Å². The molecule has 1 heteroatoms. The summed E-state index contributed by atoms with van der Waals surface area (Å²) in [6.07, 6.45) is 7.29. The number of rotatable bonds is 0. The minimum absolute atomic E-state index is 0.425. The second-order valence-electron chi connectivity index (χ2n) is 5.44. The molecule has 0 fully saturated rings. The third-order valence-electron chi connectivity index (χ3n) is 4.21. The van der Waals surface area contributed by atoms with Crippen molar-refractivity contribution in [1.29, 1.82) is 5.41 Å². The first kappa shape index (κ1) is 11.5. The Labute approximate surface area is 109 Å². The van der Waals surface area contributed by atoms with E-state index in [4.69, 9.17) is 5.41 Å². The molecule has 0 saturated heterocycles. The van der Waals surface area contributed by atoms with E-state index in [2.05, 4.69) is 44.2 Å². The molecular weight excluding hydrogens is 218 g/mol. The van der Waals surface area contributed by atoms with E-state index < -0.39 is 0 Å². The molecule has 0 amide bonds. The predicted molar refractivity (Wildman–Crippen MR) is 76.4 cm³/mol. The highest BCUT2D eigenvalue weighted by Crippen LogP contribution is 2.38. The van der Waals surface area contributed by atoms with Crippen molar-refractivity contribution in [2.24, 2.45) is 0 Å². The molecule has 3 rings (SSSR count). The average Bonchev–Trinajstić information content (AvgIpc) is 2.50. The quantitative estimate of drug-likeness (QED) is 0.695. The zero-order valence-electron chi connectivity index (χ0n) is 11.1. The number of hydrogen-bond acceptors (Lipinski definition) is 1. The lowest BCUT2D eigenvalue weighted by molar-refractivity contribution is 0.904. The second-order valence-corrected chi connectivity index (χ2v) is 5.44. The molecule has 0 bridgehead atoms. The Balaban J connectivity index is 2.14. The number of benzene rings is 1. The highest BCUT2D eigenvalue weighted by Gasteiger charge is 2.24. The lowest BCUT2D eigenvalue weighted by Gasteiger charge is -2.20. The molecule has 1 atom stereocenters. The van der Waals surface area contributed by atoms with E-state index in [1.165, 1.54) is 27.8 Å². The summed E-state index contributed by atoms with van der Waals surface area (Å²) >= 11 is 0. The van der Waals surface area contributed by atoms with Crippen molar-refractivity contribution in [3.8, 4) is 0 Å². The second kappa shape index (κ2) is 4.24. The van der Waals surface area contributed by atoms with Gasteiger partial charge in [0.05, 0.1) is 0 Å². The molecule has 1 aromatic rings.